The number of thioether (sulfide) groups is 1. The third-order valence-electron chi connectivity index (χ3n) is 6.11. The van der Waals surface area contributed by atoms with Crippen molar-refractivity contribution < 1.29 is 9.53 Å². The van der Waals surface area contributed by atoms with Crippen LogP contribution >= 0.6 is 24.0 Å². The molecule has 0 radical (unpaired) electrons. The van der Waals surface area contributed by atoms with Crippen LogP contribution in [-0.2, 0) is 11.3 Å². The fourth-order valence-corrected chi connectivity index (χ4v) is 5.62. The summed E-state index contributed by atoms with van der Waals surface area (Å²) in [5.41, 5.74) is 6.35. The van der Waals surface area contributed by atoms with Crippen LogP contribution in [0.3, 0.4) is 0 Å². The predicted octanol–water partition coefficient (Wildman–Crippen LogP) is 7.05. The van der Waals surface area contributed by atoms with Gasteiger partial charge in [-0.1, -0.05) is 77.6 Å². The minimum atomic E-state index is -0.0773. The second kappa shape index (κ2) is 9.72. The number of aromatic nitrogens is 1. The number of fused-ring (bicyclic) bond motifs is 1. The van der Waals surface area contributed by atoms with Crippen molar-refractivity contribution in [2.45, 2.75) is 27.3 Å². The van der Waals surface area contributed by atoms with Crippen LogP contribution in [0.15, 0.2) is 77.8 Å². The van der Waals surface area contributed by atoms with Gasteiger partial charge in [-0.15, -0.1) is 0 Å². The van der Waals surface area contributed by atoms with E-state index in [1.165, 1.54) is 17.3 Å². The summed E-state index contributed by atoms with van der Waals surface area (Å²) in [6, 6.07) is 22.4. The molecule has 176 valence electrons. The highest BCUT2D eigenvalue weighted by Crippen LogP contribution is 2.38. The van der Waals surface area contributed by atoms with Gasteiger partial charge in [-0.05, 0) is 56.7 Å². The van der Waals surface area contributed by atoms with E-state index in [-0.39, 0.29) is 5.91 Å². The number of amides is 1. The van der Waals surface area contributed by atoms with Gasteiger partial charge < -0.3 is 9.30 Å². The van der Waals surface area contributed by atoms with E-state index in [0.717, 1.165) is 39.0 Å². The van der Waals surface area contributed by atoms with Gasteiger partial charge in [-0.3, -0.25) is 9.69 Å². The number of benzene rings is 3. The average Bonchev–Trinajstić information content (AvgIpc) is 3.32. The van der Waals surface area contributed by atoms with Crippen LogP contribution in [0, 0.1) is 20.8 Å². The van der Waals surface area contributed by atoms with Crippen LogP contribution in [0.25, 0.3) is 17.0 Å². The molecule has 0 unspecified atom stereocenters. The van der Waals surface area contributed by atoms with Crippen molar-refractivity contribution in [3.05, 3.63) is 100 Å². The molecule has 1 aromatic heterocycles. The Hall–Kier alpha value is -3.35. The summed E-state index contributed by atoms with van der Waals surface area (Å²) < 4.78 is 8.69. The van der Waals surface area contributed by atoms with Gasteiger partial charge in [0.15, 0.2) is 4.32 Å². The SMILES string of the molecule is Cc1ccc(OCCn2cc(C=C3SC(=S)N(c4ccc(C)cc4C)C3=O)c3ccccc32)cc1. The molecule has 4 aromatic rings. The highest BCUT2D eigenvalue weighted by atomic mass is 32.2. The molecule has 6 heteroatoms. The van der Waals surface area contributed by atoms with Gasteiger partial charge in [0.05, 0.1) is 17.1 Å². The van der Waals surface area contributed by atoms with Gasteiger partial charge in [0.1, 0.15) is 12.4 Å². The smallest absolute Gasteiger partial charge is 0.270 e. The average molecular weight is 499 g/mol. The van der Waals surface area contributed by atoms with E-state index in [2.05, 4.69) is 35.9 Å². The number of rotatable bonds is 6. The molecule has 0 N–H and O–H groups in total. The Morgan fingerprint density at radius 2 is 1.71 bits per heavy atom. The zero-order valence-electron chi connectivity index (χ0n) is 19.9. The lowest BCUT2D eigenvalue weighted by Gasteiger charge is -2.17. The van der Waals surface area contributed by atoms with Crippen molar-refractivity contribution >= 4 is 56.9 Å². The second-order valence-electron chi connectivity index (χ2n) is 8.76. The third-order valence-corrected chi connectivity index (χ3v) is 7.42. The molecule has 1 saturated heterocycles. The second-order valence-corrected chi connectivity index (χ2v) is 10.4. The molecule has 1 amide bonds. The van der Waals surface area contributed by atoms with Gasteiger partial charge in [-0.2, -0.15) is 0 Å². The number of nitrogens with zero attached hydrogens (tertiary/aromatic N) is 2. The summed E-state index contributed by atoms with van der Waals surface area (Å²) in [7, 11) is 0. The molecule has 2 heterocycles. The fraction of sp³-hybridized carbons (Fsp3) is 0.172. The van der Waals surface area contributed by atoms with E-state index in [1.807, 2.05) is 68.5 Å². The summed E-state index contributed by atoms with van der Waals surface area (Å²) in [6.07, 6.45) is 4.05. The fourth-order valence-electron chi connectivity index (χ4n) is 4.34. The number of para-hydroxylation sites is 1. The summed E-state index contributed by atoms with van der Waals surface area (Å²) >= 11 is 6.96. The Morgan fingerprint density at radius 3 is 2.49 bits per heavy atom. The zero-order valence-corrected chi connectivity index (χ0v) is 21.6. The van der Waals surface area contributed by atoms with E-state index in [9.17, 15) is 4.79 Å². The number of hydrogen-bond acceptors (Lipinski definition) is 4. The molecule has 0 bridgehead atoms. The maximum absolute atomic E-state index is 13.4. The molecular formula is C29H26N2O2S2. The van der Waals surface area contributed by atoms with Crippen LogP contribution in [0.1, 0.15) is 22.3 Å². The number of anilines is 1. The van der Waals surface area contributed by atoms with Crippen LogP contribution in [-0.4, -0.2) is 21.4 Å². The lowest BCUT2D eigenvalue weighted by molar-refractivity contribution is -0.113. The monoisotopic (exact) mass is 498 g/mol. The lowest BCUT2D eigenvalue weighted by Crippen LogP contribution is -2.28. The number of thiocarbonyl (C=S) groups is 1. The largest absolute Gasteiger partial charge is 0.492 e. The molecule has 1 aliphatic rings. The molecule has 35 heavy (non-hydrogen) atoms. The number of aryl methyl sites for hydroxylation is 3. The van der Waals surface area contributed by atoms with Crippen LogP contribution < -0.4 is 9.64 Å². The Balaban J connectivity index is 1.41. The highest BCUT2D eigenvalue weighted by molar-refractivity contribution is 8.27. The molecule has 1 fully saturated rings. The number of ether oxygens (including phenoxy) is 1. The van der Waals surface area contributed by atoms with E-state index in [0.29, 0.717) is 22.4 Å². The number of hydrogen-bond donors (Lipinski definition) is 0. The molecule has 0 spiro atoms. The first-order valence-electron chi connectivity index (χ1n) is 11.5. The van der Waals surface area contributed by atoms with Crippen molar-refractivity contribution in [1.29, 1.82) is 0 Å². The molecule has 0 aliphatic carbocycles. The first-order valence-corrected chi connectivity index (χ1v) is 12.8. The Bertz CT molecular complexity index is 1470. The molecule has 4 nitrogen and oxygen atoms in total. The predicted molar refractivity (Wildman–Crippen MR) is 150 cm³/mol. The standard InChI is InChI=1S/C29H26N2O2S2/c1-19-8-11-23(12-9-19)33-15-14-30-18-22(24-6-4-5-7-26(24)30)17-27-28(32)31(29(34)35-27)25-13-10-20(2)16-21(25)3/h4-13,16-18H,14-15H2,1-3H3. The van der Waals surface area contributed by atoms with E-state index < -0.39 is 0 Å². The number of carbonyl (C=O) groups is 1. The zero-order chi connectivity index (χ0) is 24.5. The Morgan fingerprint density at radius 1 is 0.971 bits per heavy atom. The topological polar surface area (TPSA) is 34.5 Å². The molecule has 0 atom stereocenters. The van der Waals surface area contributed by atoms with Gasteiger partial charge in [-0.25, -0.2) is 0 Å². The van der Waals surface area contributed by atoms with Gasteiger partial charge in [0, 0.05) is 22.7 Å². The molecule has 0 saturated carbocycles. The van der Waals surface area contributed by atoms with Gasteiger partial charge in [0.2, 0.25) is 0 Å². The summed E-state index contributed by atoms with van der Waals surface area (Å²) in [5, 5.41) is 1.10. The first kappa shape index (κ1) is 23.4. The molecular weight excluding hydrogens is 472 g/mol. The van der Waals surface area contributed by atoms with Crippen molar-refractivity contribution in [3.63, 3.8) is 0 Å². The Labute approximate surface area is 215 Å². The molecule has 3 aromatic carbocycles. The molecule has 5 rings (SSSR count). The summed E-state index contributed by atoms with van der Waals surface area (Å²) in [5.74, 6) is 0.786. The Kier molecular flexibility index (Phi) is 6.50. The summed E-state index contributed by atoms with van der Waals surface area (Å²) in [6.45, 7) is 7.37. The van der Waals surface area contributed by atoms with Crippen molar-refractivity contribution in [3.8, 4) is 5.75 Å². The third kappa shape index (κ3) is 4.77. The lowest BCUT2D eigenvalue weighted by atomic mass is 10.1. The van der Waals surface area contributed by atoms with E-state index in [4.69, 9.17) is 17.0 Å². The van der Waals surface area contributed by atoms with Crippen molar-refractivity contribution in [2.75, 3.05) is 11.5 Å². The highest BCUT2D eigenvalue weighted by Gasteiger charge is 2.34. The minimum absolute atomic E-state index is 0.0773. The van der Waals surface area contributed by atoms with Crippen molar-refractivity contribution in [2.24, 2.45) is 0 Å². The molecule has 1 aliphatic heterocycles. The number of carbonyl (C=O) groups excluding carboxylic acids is 1. The van der Waals surface area contributed by atoms with Crippen LogP contribution in [0.2, 0.25) is 0 Å². The normalized spacial score (nSPS) is 14.9. The van der Waals surface area contributed by atoms with E-state index in [1.54, 1.807) is 4.90 Å². The quantitative estimate of drug-likeness (QED) is 0.211. The maximum Gasteiger partial charge on any atom is 0.270 e. The van der Waals surface area contributed by atoms with Gasteiger partial charge in [0.25, 0.3) is 5.91 Å². The minimum Gasteiger partial charge on any atom is -0.492 e. The summed E-state index contributed by atoms with van der Waals surface area (Å²) in [4.78, 5) is 15.7. The van der Waals surface area contributed by atoms with Gasteiger partial charge >= 0.3 is 0 Å². The van der Waals surface area contributed by atoms with E-state index >= 15 is 0 Å². The maximum atomic E-state index is 13.4. The van der Waals surface area contributed by atoms with Crippen molar-refractivity contribution in [1.82, 2.24) is 4.57 Å². The first-order chi connectivity index (χ1) is 16.9. The van der Waals surface area contributed by atoms with Crippen LogP contribution in [0.5, 0.6) is 5.75 Å². The van der Waals surface area contributed by atoms with Crippen LogP contribution in [0.4, 0.5) is 5.69 Å².